The second-order valence-corrected chi connectivity index (χ2v) is 5.15. The molecule has 0 unspecified atom stereocenters. The van der Waals surface area contributed by atoms with Gasteiger partial charge in [0.05, 0.1) is 37.0 Å². The molecule has 2 N–H and O–H groups in total. The van der Waals surface area contributed by atoms with Gasteiger partial charge in [-0.05, 0) is 13.0 Å². The van der Waals surface area contributed by atoms with Crippen molar-refractivity contribution in [2.24, 2.45) is 10.2 Å². The summed E-state index contributed by atoms with van der Waals surface area (Å²) < 4.78 is 15.3. The van der Waals surface area contributed by atoms with Crippen LogP contribution in [0.4, 0.5) is 22.7 Å². The molecule has 0 aliphatic rings. The van der Waals surface area contributed by atoms with Crippen LogP contribution in [0.2, 0.25) is 0 Å². The number of nitrogen functional groups attached to an aromatic ring is 1. The monoisotopic (exact) mass is 374 g/mol. The predicted octanol–water partition coefficient (Wildman–Crippen LogP) is 3.79. The number of rotatable bonds is 7. The number of carbonyl (C=O) groups is 1. The second-order valence-electron chi connectivity index (χ2n) is 5.15. The number of hydrogen-bond donors (Lipinski definition) is 1. The van der Waals surface area contributed by atoms with E-state index in [0.29, 0.717) is 22.9 Å². The fourth-order valence-corrected chi connectivity index (χ4v) is 2.19. The van der Waals surface area contributed by atoms with E-state index >= 15 is 0 Å². The van der Waals surface area contributed by atoms with Gasteiger partial charge in [0.1, 0.15) is 22.9 Å². The van der Waals surface area contributed by atoms with E-state index in [9.17, 15) is 14.9 Å². The maximum Gasteiger partial charge on any atom is 0.340 e. The third-order valence-electron chi connectivity index (χ3n) is 3.48. The van der Waals surface area contributed by atoms with E-state index in [-0.39, 0.29) is 23.5 Å². The molecular weight excluding hydrogens is 356 g/mol. The lowest BCUT2D eigenvalue weighted by Crippen LogP contribution is -2.05. The van der Waals surface area contributed by atoms with E-state index in [1.165, 1.54) is 38.5 Å². The number of nitrogens with zero attached hydrogens (tertiary/aromatic N) is 3. The molecular formula is C17H18N4O6. The van der Waals surface area contributed by atoms with Crippen molar-refractivity contribution in [1.29, 1.82) is 0 Å². The van der Waals surface area contributed by atoms with E-state index in [1.807, 2.05) is 0 Å². The van der Waals surface area contributed by atoms with Gasteiger partial charge in [0.25, 0.3) is 5.69 Å². The zero-order valence-corrected chi connectivity index (χ0v) is 15.0. The normalized spacial score (nSPS) is 10.6. The average Bonchev–Trinajstić information content (AvgIpc) is 2.66. The highest BCUT2D eigenvalue weighted by molar-refractivity contribution is 5.95. The molecule has 27 heavy (non-hydrogen) atoms. The number of esters is 1. The quantitative estimate of drug-likeness (QED) is 0.256. The van der Waals surface area contributed by atoms with Crippen molar-refractivity contribution < 1.29 is 23.9 Å². The van der Waals surface area contributed by atoms with Gasteiger partial charge < -0.3 is 19.9 Å². The average molecular weight is 374 g/mol. The molecule has 0 saturated heterocycles. The van der Waals surface area contributed by atoms with Crippen LogP contribution in [0.25, 0.3) is 0 Å². The molecule has 0 saturated carbocycles. The number of hydrogen-bond acceptors (Lipinski definition) is 9. The number of anilines is 1. The molecule has 0 radical (unpaired) electrons. The van der Waals surface area contributed by atoms with Gasteiger partial charge in [-0.3, -0.25) is 10.1 Å². The second kappa shape index (κ2) is 8.61. The van der Waals surface area contributed by atoms with Crippen LogP contribution >= 0.6 is 0 Å². The third kappa shape index (κ3) is 4.48. The Balaban J connectivity index is 2.50. The van der Waals surface area contributed by atoms with Crippen molar-refractivity contribution in [2.45, 2.75) is 6.92 Å². The standard InChI is InChI=1S/C17H18N4O6/c1-4-27-17(22)11-7-10(21(23)24)5-6-13(11)19-20-14-9-15(25-2)12(18)8-16(14)26-3/h5-9H,4,18H2,1-3H3. The first-order valence-electron chi connectivity index (χ1n) is 7.80. The fourth-order valence-electron chi connectivity index (χ4n) is 2.19. The molecule has 0 heterocycles. The van der Waals surface area contributed by atoms with Crippen LogP contribution in [0.1, 0.15) is 17.3 Å². The molecule has 2 rings (SSSR count). The Morgan fingerprint density at radius 3 is 2.37 bits per heavy atom. The molecule has 2 aromatic rings. The molecule has 0 aliphatic heterocycles. The van der Waals surface area contributed by atoms with Gasteiger partial charge in [-0.1, -0.05) is 0 Å². The minimum atomic E-state index is -0.739. The van der Waals surface area contributed by atoms with Gasteiger partial charge >= 0.3 is 5.97 Å². The fraction of sp³-hybridized carbons (Fsp3) is 0.235. The number of carbonyl (C=O) groups excluding carboxylic acids is 1. The van der Waals surface area contributed by atoms with Crippen molar-refractivity contribution in [2.75, 3.05) is 26.6 Å². The number of nitrogens with two attached hydrogens (primary N) is 1. The van der Waals surface area contributed by atoms with Crippen molar-refractivity contribution in [3.8, 4) is 11.5 Å². The summed E-state index contributed by atoms with van der Waals surface area (Å²) in [6.45, 7) is 1.74. The summed E-state index contributed by atoms with van der Waals surface area (Å²) in [4.78, 5) is 22.5. The van der Waals surface area contributed by atoms with Crippen LogP contribution in [0.5, 0.6) is 11.5 Å². The van der Waals surface area contributed by atoms with Crippen molar-refractivity contribution in [3.63, 3.8) is 0 Å². The minimum Gasteiger partial charge on any atom is -0.495 e. The van der Waals surface area contributed by atoms with E-state index in [2.05, 4.69) is 10.2 Å². The molecule has 0 aromatic heterocycles. The largest absolute Gasteiger partial charge is 0.495 e. The summed E-state index contributed by atoms with van der Waals surface area (Å²) in [5.74, 6) is -0.0206. The van der Waals surface area contributed by atoms with Gasteiger partial charge in [-0.25, -0.2) is 4.79 Å². The van der Waals surface area contributed by atoms with Gasteiger partial charge in [0.15, 0.2) is 0 Å². The molecule has 0 amide bonds. The molecule has 0 atom stereocenters. The highest BCUT2D eigenvalue weighted by Crippen LogP contribution is 2.37. The third-order valence-corrected chi connectivity index (χ3v) is 3.48. The van der Waals surface area contributed by atoms with Crippen LogP contribution in [-0.4, -0.2) is 31.7 Å². The summed E-state index contributed by atoms with van der Waals surface area (Å²) in [6, 6.07) is 6.67. The number of benzene rings is 2. The van der Waals surface area contributed by atoms with Crippen molar-refractivity contribution in [3.05, 3.63) is 46.0 Å². The summed E-state index contributed by atoms with van der Waals surface area (Å²) >= 11 is 0. The molecule has 0 spiro atoms. The Morgan fingerprint density at radius 2 is 1.78 bits per heavy atom. The van der Waals surface area contributed by atoms with Crippen LogP contribution in [0.3, 0.4) is 0 Å². The van der Waals surface area contributed by atoms with Crippen LogP contribution in [-0.2, 0) is 4.74 Å². The lowest BCUT2D eigenvalue weighted by atomic mass is 10.1. The van der Waals surface area contributed by atoms with E-state index < -0.39 is 10.9 Å². The lowest BCUT2D eigenvalue weighted by Gasteiger charge is -2.09. The van der Waals surface area contributed by atoms with Crippen LogP contribution < -0.4 is 15.2 Å². The zero-order chi connectivity index (χ0) is 20.0. The SMILES string of the molecule is CCOC(=O)c1cc([N+](=O)[O-])ccc1N=Nc1cc(OC)c(N)cc1OC. The predicted molar refractivity (Wildman–Crippen MR) is 97.2 cm³/mol. The lowest BCUT2D eigenvalue weighted by molar-refractivity contribution is -0.384. The van der Waals surface area contributed by atoms with Crippen LogP contribution in [0.15, 0.2) is 40.6 Å². The van der Waals surface area contributed by atoms with E-state index in [0.717, 1.165) is 6.07 Å². The van der Waals surface area contributed by atoms with Crippen molar-refractivity contribution >= 4 is 28.7 Å². The van der Waals surface area contributed by atoms with Crippen LogP contribution in [0, 0.1) is 10.1 Å². The smallest absolute Gasteiger partial charge is 0.340 e. The maximum absolute atomic E-state index is 12.1. The highest BCUT2D eigenvalue weighted by atomic mass is 16.6. The van der Waals surface area contributed by atoms with Gasteiger partial charge in [0.2, 0.25) is 0 Å². The Bertz CT molecular complexity index is 897. The number of nitro groups is 1. The number of nitro benzene ring substituents is 1. The zero-order valence-electron chi connectivity index (χ0n) is 15.0. The Hall–Kier alpha value is -3.69. The molecule has 0 bridgehead atoms. The highest BCUT2D eigenvalue weighted by Gasteiger charge is 2.18. The summed E-state index contributed by atoms with van der Waals surface area (Å²) in [5, 5.41) is 19.0. The van der Waals surface area contributed by atoms with Gasteiger partial charge in [-0.15, -0.1) is 10.2 Å². The summed E-state index contributed by atoms with van der Waals surface area (Å²) in [5.41, 5.74) is 6.26. The Labute approximate surface area is 154 Å². The molecule has 0 fully saturated rings. The minimum absolute atomic E-state index is 0.0730. The first kappa shape index (κ1) is 19.6. The number of non-ortho nitro benzene ring substituents is 1. The first-order chi connectivity index (χ1) is 12.9. The molecule has 10 nitrogen and oxygen atoms in total. The molecule has 142 valence electrons. The van der Waals surface area contributed by atoms with Gasteiger partial charge in [0, 0.05) is 24.3 Å². The summed E-state index contributed by atoms with van der Waals surface area (Å²) in [6.07, 6.45) is 0. The van der Waals surface area contributed by atoms with Crippen molar-refractivity contribution in [1.82, 2.24) is 0 Å². The summed E-state index contributed by atoms with van der Waals surface area (Å²) in [7, 11) is 2.89. The molecule has 2 aromatic carbocycles. The topological polar surface area (TPSA) is 139 Å². The maximum atomic E-state index is 12.1. The molecule has 10 heteroatoms. The number of ether oxygens (including phenoxy) is 3. The van der Waals surface area contributed by atoms with E-state index in [4.69, 9.17) is 19.9 Å². The Kier molecular flexibility index (Phi) is 6.26. The van der Waals surface area contributed by atoms with Gasteiger partial charge in [-0.2, -0.15) is 0 Å². The number of azo groups is 1. The Morgan fingerprint density at radius 1 is 1.11 bits per heavy atom. The first-order valence-corrected chi connectivity index (χ1v) is 7.80. The molecule has 0 aliphatic carbocycles. The van der Waals surface area contributed by atoms with E-state index in [1.54, 1.807) is 6.92 Å². The number of methoxy groups -OCH3 is 2.